The van der Waals surface area contributed by atoms with E-state index in [0.717, 1.165) is 54.3 Å². The molecule has 2 aliphatic heterocycles. The number of aliphatic hydroxyl groups excluding tert-OH is 1. The number of aliphatic hydroxyl groups is 1. The minimum Gasteiger partial charge on any atom is -0.488 e. The van der Waals surface area contributed by atoms with Crippen molar-refractivity contribution in [1.29, 1.82) is 0 Å². The number of rotatable bonds is 10. The molecule has 2 aromatic rings. The summed E-state index contributed by atoms with van der Waals surface area (Å²) in [5.74, 6) is 2.23. The van der Waals surface area contributed by atoms with Gasteiger partial charge in [0.05, 0.1) is 37.9 Å². The van der Waals surface area contributed by atoms with Gasteiger partial charge in [0.15, 0.2) is 0 Å². The van der Waals surface area contributed by atoms with E-state index in [0.29, 0.717) is 12.1 Å². The molecule has 1 saturated carbocycles. The third kappa shape index (κ3) is 12.3. The zero-order chi connectivity index (χ0) is 36.9. The van der Waals surface area contributed by atoms with E-state index in [1.54, 1.807) is 0 Å². The number of hydrogen-bond acceptors (Lipinski definition) is 10. The number of fused-ring (bicyclic) bond motifs is 2. The van der Waals surface area contributed by atoms with Crippen LogP contribution < -0.4 is 4.74 Å². The number of terminal acetylenes is 1. The molecule has 3 aliphatic rings. The number of nitrogens with zero attached hydrogens (tertiary/aromatic N) is 2. The highest BCUT2D eigenvalue weighted by Crippen LogP contribution is 2.41. The van der Waals surface area contributed by atoms with Crippen LogP contribution in [0.3, 0.4) is 0 Å². The monoisotopic (exact) mass is 716 g/mol. The van der Waals surface area contributed by atoms with Crippen LogP contribution in [0.5, 0.6) is 5.75 Å². The molecule has 12 nitrogen and oxygen atoms in total. The fourth-order valence-corrected chi connectivity index (χ4v) is 7.54. The summed E-state index contributed by atoms with van der Waals surface area (Å²) in [5.41, 5.74) is 2.19. The van der Waals surface area contributed by atoms with Crippen molar-refractivity contribution in [1.82, 2.24) is 0 Å². The minimum atomic E-state index is -1.83. The molecule has 276 valence electrons. The van der Waals surface area contributed by atoms with Gasteiger partial charge in [-0.3, -0.25) is 13.2 Å². The third-order valence-electron chi connectivity index (χ3n) is 9.83. The second kappa shape index (κ2) is 19.2. The Hall–Kier alpha value is -3.54. The van der Waals surface area contributed by atoms with E-state index in [2.05, 4.69) is 52.9 Å². The molecular formula is C37H52N2O10S. The van der Waals surface area contributed by atoms with Crippen LogP contribution in [0.1, 0.15) is 89.2 Å². The molecule has 1 N–H and O–H groups in total. The molecule has 0 amide bonds. The van der Waals surface area contributed by atoms with E-state index < -0.39 is 22.4 Å². The van der Waals surface area contributed by atoms with Gasteiger partial charge in [-0.2, -0.15) is 4.21 Å². The van der Waals surface area contributed by atoms with Crippen LogP contribution in [-0.4, -0.2) is 82.6 Å². The molecular weight excluding hydrogens is 664 g/mol. The summed E-state index contributed by atoms with van der Waals surface area (Å²) >= 11 is -1.83. The Kier molecular flexibility index (Phi) is 15.7. The van der Waals surface area contributed by atoms with Gasteiger partial charge >= 0.3 is 17.3 Å². The van der Waals surface area contributed by atoms with Gasteiger partial charge in [0, 0.05) is 25.7 Å². The van der Waals surface area contributed by atoms with Gasteiger partial charge in [-0.1, -0.05) is 75.6 Å². The third-order valence-corrected chi connectivity index (χ3v) is 10.5. The van der Waals surface area contributed by atoms with Crippen LogP contribution in [-0.2, 0) is 34.7 Å². The molecule has 2 heterocycles. The highest BCUT2D eigenvalue weighted by atomic mass is 32.2. The SMILES string of the molecule is C#CCOS(=O)OC1CCCCC1Oc1ccc(C(C)(C)C)cc1.C[N+]1(C)[C@@H]2CC[C@H]1C[C@@H](OC(=O)C(CO)c1ccccc1)C2.O=[N+]([O-])[O-]. The fraction of sp³-hybridized carbons (Fsp3) is 0.595. The lowest BCUT2D eigenvalue weighted by Crippen LogP contribution is -2.56. The van der Waals surface area contributed by atoms with Gasteiger partial charge in [0.2, 0.25) is 0 Å². The number of carbonyl (C=O) groups is 1. The van der Waals surface area contributed by atoms with E-state index in [9.17, 15) is 14.1 Å². The zero-order valence-corrected chi connectivity index (χ0v) is 30.5. The Balaban J connectivity index is 0.000000245. The van der Waals surface area contributed by atoms with Gasteiger partial charge in [0.1, 0.15) is 36.6 Å². The van der Waals surface area contributed by atoms with Gasteiger partial charge in [-0.05, 0) is 47.9 Å². The lowest BCUT2D eigenvalue weighted by molar-refractivity contribution is -0.931. The molecule has 0 radical (unpaired) electrons. The van der Waals surface area contributed by atoms with Crippen molar-refractivity contribution < 1.29 is 41.5 Å². The lowest BCUT2D eigenvalue weighted by Gasteiger charge is -2.44. The molecule has 1 aliphatic carbocycles. The smallest absolute Gasteiger partial charge is 0.316 e. The zero-order valence-electron chi connectivity index (χ0n) is 29.7. The van der Waals surface area contributed by atoms with Crippen molar-refractivity contribution in [3.8, 4) is 18.1 Å². The highest BCUT2D eigenvalue weighted by Gasteiger charge is 2.50. The van der Waals surface area contributed by atoms with Crippen LogP contribution >= 0.6 is 0 Å². The minimum absolute atomic E-state index is 0.00825. The van der Waals surface area contributed by atoms with Crippen molar-refractivity contribution in [2.45, 2.75) is 114 Å². The van der Waals surface area contributed by atoms with E-state index >= 15 is 0 Å². The molecule has 3 fully saturated rings. The molecule has 4 unspecified atom stereocenters. The first-order valence-corrected chi connectivity index (χ1v) is 18.1. The molecule has 0 spiro atoms. The van der Waals surface area contributed by atoms with E-state index in [-0.39, 0.29) is 42.9 Å². The predicted octanol–water partition coefficient (Wildman–Crippen LogP) is 5.76. The average molecular weight is 717 g/mol. The summed E-state index contributed by atoms with van der Waals surface area (Å²) in [6, 6.07) is 18.7. The number of ether oxygens (including phenoxy) is 2. The quantitative estimate of drug-likeness (QED) is 0.105. The van der Waals surface area contributed by atoms with Crippen LogP contribution in [0.4, 0.5) is 0 Å². The van der Waals surface area contributed by atoms with Crippen molar-refractivity contribution in [2.24, 2.45) is 0 Å². The first kappa shape index (κ1) is 40.9. The van der Waals surface area contributed by atoms with Crippen molar-refractivity contribution in [3.63, 3.8) is 0 Å². The second-order valence-corrected chi connectivity index (χ2v) is 15.3. The van der Waals surface area contributed by atoms with Gasteiger partial charge in [-0.25, -0.2) is 0 Å². The summed E-state index contributed by atoms with van der Waals surface area (Å²) in [6.45, 7) is 6.31. The molecule has 50 heavy (non-hydrogen) atoms. The first-order valence-electron chi connectivity index (χ1n) is 17.1. The van der Waals surface area contributed by atoms with Crippen molar-refractivity contribution in [2.75, 3.05) is 27.3 Å². The normalized spacial score (nSPS) is 24.9. The maximum Gasteiger partial charge on any atom is 0.316 e. The number of esters is 1. The Bertz CT molecular complexity index is 1400. The summed E-state index contributed by atoms with van der Waals surface area (Å²) in [6.07, 6.45) is 12.9. The Morgan fingerprint density at radius 3 is 2.08 bits per heavy atom. The first-order chi connectivity index (χ1) is 23.6. The molecule has 7 atom stereocenters. The number of benzene rings is 2. The van der Waals surface area contributed by atoms with Crippen LogP contribution in [0, 0.1) is 27.7 Å². The summed E-state index contributed by atoms with van der Waals surface area (Å²) in [5, 5.41) is 24.3. The van der Waals surface area contributed by atoms with E-state index in [1.807, 2.05) is 42.5 Å². The maximum atomic E-state index is 12.5. The largest absolute Gasteiger partial charge is 0.488 e. The Morgan fingerprint density at radius 1 is 1.00 bits per heavy atom. The molecule has 0 aromatic heterocycles. The Labute approximate surface area is 298 Å². The highest BCUT2D eigenvalue weighted by molar-refractivity contribution is 7.75. The average Bonchev–Trinajstić information content (AvgIpc) is 3.19. The molecule has 2 saturated heterocycles. The van der Waals surface area contributed by atoms with E-state index in [1.165, 1.54) is 18.4 Å². The summed E-state index contributed by atoms with van der Waals surface area (Å²) < 4.78 is 35.0. The maximum absolute atomic E-state index is 12.5. The standard InChI is InChI=1S/C19H26O4S.C18H26NO3.NO3/c1-5-14-21-24(20)23-18-9-7-6-8-17(18)22-16-12-10-15(11-13-16)19(2,3)4;1-19(2)14-8-9-15(19)11-16(10-14)22-18(21)17(12-20)13-6-4-3-5-7-13;2-1(3)4/h1,10-13,17-18H,6-9,14H2,2-4H3;3-7,14-17,20H,8-12H2,1-2H3;/q;+1;-1/t;14-,15+,16+,17?;. The summed E-state index contributed by atoms with van der Waals surface area (Å²) in [4.78, 5) is 20.7. The van der Waals surface area contributed by atoms with Gasteiger partial charge in [0.25, 0.3) is 0 Å². The summed E-state index contributed by atoms with van der Waals surface area (Å²) in [7, 11) is 4.59. The van der Waals surface area contributed by atoms with Crippen LogP contribution in [0.15, 0.2) is 54.6 Å². The van der Waals surface area contributed by atoms with Gasteiger partial charge < -0.3 is 34.4 Å². The lowest BCUT2D eigenvalue weighted by atomic mass is 9.87. The van der Waals surface area contributed by atoms with Crippen molar-refractivity contribution in [3.05, 3.63) is 81.0 Å². The molecule has 13 heteroatoms. The van der Waals surface area contributed by atoms with Gasteiger partial charge in [-0.15, -0.1) is 6.42 Å². The molecule has 2 aromatic carbocycles. The topological polar surface area (TPSA) is 157 Å². The van der Waals surface area contributed by atoms with Crippen LogP contribution in [0.2, 0.25) is 0 Å². The number of carbonyl (C=O) groups excluding carboxylic acids is 1. The molecule has 2 bridgehead atoms. The second-order valence-electron chi connectivity index (χ2n) is 14.4. The fourth-order valence-electron chi connectivity index (χ4n) is 6.90. The predicted molar refractivity (Wildman–Crippen MR) is 190 cm³/mol. The number of hydrogen-bond donors (Lipinski definition) is 1. The van der Waals surface area contributed by atoms with Crippen LogP contribution in [0.25, 0.3) is 0 Å². The molecule has 5 rings (SSSR count). The Morgan fingerprint density at radius 2 is 1.56 bits per heavy atom. The van der Waals surface area contributed by atoms with Crippen molar-refractivity contribution >= 4 is 17.3 Å². The number of piperidine rings is 1. The van der Waals surface area contributed by atoms with E-state index in [4.69, 9.17) is 39.6 Å². The number of quaternary nitrogens is 1.